The highest BCUT2D eigenvalue weighted by Crippen LogP contribution is 2.47. The van der Waals surface area contributed by atoms with Crippen LogP contribution in [0.3, 0.4) is 0 Å². The van der Waals surface area contributed by atoms with Crippen LogP contribution in [0.1, 0.15) is 37.3 Å². The number of hydrogen-bond acceptors (Lipinski definition) is 2. The van der Waals surface area contributed by atoms with Gasteiger partial charge in [-0.05, 0) is 24.9 Å². The molecule has 0 spiro atoms. The number of rotatable bonds is 1. The number of carbonyl (C=O) groups excluding carboxylic acids is 1. The zero-order valence-corrected chi connectivity index (χ0v) is 11.1. The average Bonchev–Trinajstić information content (AvgIpc) is 2.95. The maximum atomic E-state index is 11.8. The highest BCUT2D eigenvalue weighted by atomic mass is 16.2. The second-order valence-electron chi connectivity index (χ2n) is 6.12. The Bertz CT molecular complexity index is 487. The first-order valence-electron chi connectivity index (χ1n) is 7.44. The minimum Gasteiger partial charge on any atom is -0.351 e. The molecule has 3 saturated heterocycles. The molecule has 0 radical (unpaired) electrons. The second kappa shape index (κ2) is 4.34. The summed E-state index contributed by atoms with van der Waals surface area (Å²) in [6.07, 6.45) is 4.61. The molecule has 3 heterocycles. The van der Waals surface area contributed by atoms with Gasteiger partial charge >= 0.3 is 0 Å². The molecule has 3 nitrogen and oxygen atoms in total. The van der Waals surface area contributed by atoms with Crippen LogP contribution in [0.25, 0.3) is 0 Å². The molecular weight excluding hydrogens is 236 g/mol. The van der Waals surface area contributed by atoms with Crippen LogP contribution in [0.2, 0.25) is 0 Å². The molecule has 1 aromatic rings. The Hall–Kier alpha value is -1.35. The normalized spacial score (nSPS) is 37.8. The Morgan fingerprint density at radius 1 is 1.16 bits per heavy atom. The van der Waals surface area contributed by atoms with Gasteiger partial charge in [0.15, 0.2) is 0 Å². The lowest BCUT2D eigenvalue weighted by atomic mass is 9.89. The standard InChI is InChI=1S/C16H20N2O/c19-14-10-12-13-8-4-5-9-18(13)16(15(12)17-14)11-6-2-1-3-7-11/h1-3,6-7,12-13,15-16H,4-5,8-10H2,(H,17,19)/t12-,13-,15+,16-/m1/s1. The third-order valence-corrected chi connectivity index (χ3v) is 5.13. The van der Waals surface area contributed by atoms with Crippen LogP contribution in [0, 0.1) is 5.92 Å². The second-order valence-corrected chi connectivity index (χ2v) is 6.12. The van der Waals surface area contributed by atoms with Crippen molar-refractivity contribution < 1.29 is 4.79 Å². The molecule has 0 aliphatic carbocycles. The van der Waals surface area contributed by atoms with Crippen molar-refractivity contribution >= 4 is 5.91 Å². The molecule has 0 bridgehead atoms. The summed E-state index contributed by atoms with van der Waals surface area (Å²) < 4.78 is 0. The van der Waals surface area contributed by atoms with Gasteiger partial charge in [0.2, 0.25) is 5.91 Å². The first kappa shape index (κ1) is 11.5. The summed E-state index contributed by atoms with van der Waals surface area (Å²) in [5.41, 5.74) is 1.36. The Morgan fingerprint density at radius 3 is 2.84 bits per heavy atom. The Morgan fingerprint density at radius 2 is 2.00 bits per heavy atom. The molecular formula is C16H20N2O. The predicted octanol–water partition coefficient (Wildman–Crippen LogP) is 2.10. The van der Waals surface area contributed by atoms with Gasteiger partial charge in [0.25, 0.3) is 0 Å². The van der Waals surface area contributed by atoms with Gasteiger partial charge in [-0.2, -0.15) is 0 Å². The minimum absolute atomic E-state index is 0.251. The average molecular weight is 256 g/mol. The van der Waals surface area contributed by atoms with E-state index in [1.54, 1.807) is 0 Å². The van der Waals surface area contributed by atoms with Gasteiger partial charge in [0.1, 0.15) is 0 Å². The van der Waals surface area contributed by atoms with E-state index < -0.39 is 0 Å². The Balaban J connectivity index is 1.73. The van der Waals surface area contributed by atoms with E-state index in [1.165, 1.54) is 31.4 Å². The third-order valence-electron chi connectivity index (χ3n) is 5.13. The fourth-order valence-corrected chi connectivity index (χ4v) is 4.42. The molecule has 4 rings (SSSR count). The van der Waals surface area contributed by atoms with Crippen LogP contribution < -0.4 is 5.32 Å². The smallest absolute Gasteiger partial charge is 0.220 e. The van der Waals surface area contributed by atoms with Crippen molar-refractivity contribution in [2.45, 2.75) is 43.8 Å². The summed E-state index contributed by atoms with van der Waals surface area (Å²) in [5.74, 6) is 0.777. The predicted molar refractivity (Wildman–Crippen MR) is 73.6 cm³/mol. The van der Waals surface area contributed by atoms with Crippen molar-refractivity contribution in [1.29, 1.82) is 0 Å². The highest BCUT2D eigenvalue weighted by Gasteiger charge is 2.53. The molecule has 1 amide bonds. The molecule has 100 valence electrons. The van der Waals surface area contributed by atoms with Crippen LogP contribution in [-0.2, 0) is 4.79 Å². The molecule has 1 N–H and O–H groups in total. The van der Waals surface area contributed by atoms with E-state index in [0.717, 1.165) is 6.42 Å². The number of piperidine rings is 1. The largest absolute Gasteiger partial charge is 0.351 e. The molecule has 3 fully saturated rings. The number of nitrogens with one attached hydrogen (secondary N) is 1. The first-order chi connectivity index (χ1) is 9.34. The molecule has 0 saturated carbocycles. The summed E-state index contributed by atoms with van der Waals surface area (Å²) in [6, 6.07) is 12.0. The van der Waals surface area contributed by atoms with Gasteiger partial charge in [-0.1, -0.05) is 36.8 Å². The minimum atomic E-state index is 0.251. The van der Waals surface area contributed by atoms with Crippen molar-refractivity contribution in [2.75, 3.05) is 6.54 Å². The van der Waals surface area contributed by atoms with E-state index in [-0.39, 0.29) is 5.91 Å². The van der Waals surface area contributed by atoms with E-state index in [1.807, 2.05) is 0 Å². The lowest BCUT2D eigenvalue weighted by Gasteiger charge is -2.36. The zero-order chi connectivity index (χ0) is 12.8. The van der Waals surface area contributed by atoms with E-state index in [9.17, 15) is 4.79 Å². The zero-order valence-electron chi connectivity index (χ0n) is 11.1. The summed E-state index contributed by atoms with van der Waals surface area (Å²) in [6.45, 7) is 1.19. The van der Waals surface area contributed by atoms with Crippen molar-refractivity contribution in [3.8, 4) is 0 Å². The number of amides is 1. The molecule has 3 aliphatic heterocycles. The van der Waals surface area contributed by atoms with Crippen LogP contribution in [-0.4, -0.2) is 29.4 Å². The Labute approximate surface area is 114 Å². The molecule has 0 aromatic heterocycles. The topological polar surface area (TPSA) is 32.3 Å². The van der Waals surface area contributed by atoms with Gasteiger partial charge in [-0.3, -0.25) is 9.69 Å². The first-order valence-corrected chi connectivity index (χ1v) is 7.44. The lowest BCUT2D eigenvalue weighted by Crippen LogP contribution is -2.40. The SMILES string of the molecule is O=C1C[C@H]2[C@H](N1)[C@@H](c1ccccc1)N1CCCC[C@H]21. The Kier molecular flexibility index (Phi) is 2.62. The summed E-state index contributed by atoms with van der Waals surface area (Å²) in [4.78, 5) is 14.4. The van der Waals surface area contributed by atoms with E-state index in [2.05, 4.69) is 40.5 Å². The third kappa shape index (κ3) is 1.71. The number of fused-ring (bicyclic) bond motifs is 3. The van der Waals surface area contributed by atoms with Crippen molar-refractivity contribution in [1.82, 2.24) is 10.2 Å². The van der Waals surface area contributed by atoms with E-state index in [4.69, 9.17) is 0 Å². The number of hydrogen-bond donors (Lipinski definition) is 1. The van der Waals surface area contributed by atoms with Crippen LogP contribution in [0.4, 0.5) is 0 Å². The van der Waals surface area contributed by atoms with Crippen molar-refractivity contribution in [2.24, 2.45) is 5.92 Å². The van der Waals surface area contributed by atoms with Crippen molar-refractivity contribution in [3.05, 3.63) is 35.9 Å². The maximum absolute atomic E-state index is 11.8. The van der Waals surface area contributed by atoms with Gasteiger partial charge < -0.3 is 5.32 Å². The van der Waals surface area contributed by atoms with Gasteiger partial charge in [0, 0.05) is 18.4 Å². The quantitative estimate of drug-likeness (QED) is 0.834. The van der Waals surface area contributed by atoms with Gasteiger partial charge in [0.05, 0.1) is 12.1 Å². The molecule has 3 heteroatoms. The number of nitrogens with zero attached hydrogens (tertiary/aromatic N) is 1. The van der Waals surface area contributed by atoms with Gasteiger partial charge in [-0.25, -0.2) is 0 Å². The van der Waals surface area contributed by atoms with Crippen LogP contribution in [0.5, 0.6) is 0 Å². The number of benzene rings is 1. The monoisotopic (exact) mass is 256 g/mol. The maximum Gasteiger partial charge on any atom is 0.220 e. The molecule has 1 aromatic carbocycles. The van der Waals surface area contributed by atoms with E-state index in [0.29, 0.717) is 24.0 Å². The number of carbonyl (C=O) groups is 1. The van der Waals surface area contributed by atoms with Crippen molar-refractivity contribution in [3.63, 3.8) is 0 Å². The highest BCUT2D eigenvalue weighted by molar-refractivity contribution is 5.79. The fourth-order valence-electron chi connectivity index (χ4n) is 4.42. The van der Waals surface area contributed by atoms with Crippen LogP contribution >= 0.6 is 0 Å². The molecule has 4 atom stereocenters. The van der Waals surface area contributed by atoms with Crippen LogP contribution in [0.15, 0.2) is 30.3 Å². The van der Waals surface area contributed by atoms with E-state index >= 15 is 0 Å². The molecule has 3 aliphatic rings. The molecule has 19 heavy (non-hydrogen) atoms. The summed E-state index contributed by atoms with van der Waals surface area (Å²) >= 11 is 0. The fraction of sp³-hybridized carbons (Fsp3) is 0.562. The summed E-state index contributed by atoms with van der Waals surface area (Å²) in [5, 5.41) is 3.24. The molecule has 0 unspecified atom stereocenters. The lowest BCUT2D eigenvalue weighted by molar-refractivity contribution is -0.120. The van der Waals surface area contributed by atoms with Gasteiger partial charge in [-0.15, -0.1) is 0 Å². The summed E-state index contributed by atoms with van der Waals surface area (Å²) in [7, 11) is 0.